The van der Waals surface area contributed by atoms with Crippen molar-refractivity contribution in [3.63, 3.8) is 0 Å². The fourth-order valence-corrected chi connectivity index (χ4v) is 3.57. The number of hydrogen-bond donors (Lipinski definition) is 2. The molecule has 2 aromatic carbocycles. The first-order valence-electron chi connectivity index (χ1n) is 9.35. The zero-order valence-electron chi connectivity index (χ0n) is 16.3. The number of aromatic nitrogens is 2. The molecule has 0 atom stereocenters. The number of pyridine rings is 1. The molecule has 0 unspecified atom stereocenters. The third-order valence-corrected chi connectivity index (χ3v) is 5.30. The van der Waals surface area contributed by atoms with E-state index in [1.807, 2.05) is 24.3 Å². The number of hydrogen-bond acceptors (Lipinski definition) is 2. The Balaban J connectivity index is 1.45. The summed E-state index contributed by atoms with van der Waals surface area (Å²) in [5, 5.41) is 5.12. The second-order valence-corrected chi connectivity index (χ2v) is 7.39. The summed E-state index contributed by atoms with van der Waals surface area (Å²) in [5.74, 6) is -0.0233. The number of H-pyrrole nitrogens is 1. The van der Waals surface area contributed by atoms with E-state index in [0.29, 0.717) is 18.5 Å². The number of aryl methyl sites for hydroxylation is 3. The van der Waals surface area contributed by atoms with Crippen LogP contribution in [0.5, 0.6) is 0 Å². The summed E-state index contributed by atoms with van der Waals surface area (Å²) < 4.78 is 2.16. The van der Waals surface area contributed by atoms with Gasteiger partial charge in [0.25, 0.3) is 5.56 Å². The van der Waals surface area contributed by atoms with Gasteiger partial charge in [-0.05, 0) is 66.8 Å². The predicted octanol–water partition coefficient (Wildman–Crippen LogP) is 3.50. The van der Waals surface area contributed by atoms with Crippen LogP contribution >= 0.6 is 0 Å². The molecule has 2 heterocycles. The number of amides is 1. The van der Waals surface area contributed by atoms with Crippen LogP contribution in [0.25, 0.3) is 21.8 Å². The lowest BCUT2D eigenvalue weighted by atomic mass is 10.1. The molecule has 0 spiro atoms. The van der Waals surface area contributed by atoms with Crippen molar-refractivity contribution >= 4 is 27.7 Å². The van der Waals surface area contributed by atoms with Gasteiger partial charge in [-0.3, -0.25) is 9.59 Å². The molecule has 2 N–H and O–H groups in total. The molecule has 0 saturated carbocycles. The minimum atomic E-state index is -0.0800. The van der Waals surface area contributed by atoms with E-state index in [1.165, 1.54) is 16.6 Å². The fraction of sp³-hybridized carbons (Fsp3) is 0.217. The lowest BCUT2D eigenvalue weighted by Gasteiger charge is -2.08. The molecule has 28 heavy (non-hydrogen) atoms. The van der Waals surface area contributed by atoms with Crippen molar-refractivity contribution in [2.24, 2.45) is 7.05 Å². The molecule has 0 aliphatic heterocycles. The molecular formula is C23H23N3O2. The third kappa shape index (κ3) is 3.43. The average Bonchev–Trinajstić information content (AvgIpc) is 2.95. The topological polar surface area (TPSA) is 66.9 Å². The lowest BCUT2D eigenvalue weighted by Crippen LogP contribution is -2.24. The van der Waals surface area contributed by atoms with E-state index in [2.05, 4.69) is 53.1 Å². The normalized spacial score (nSPS) is 11.2. The monoisotopic (exact) mass is 373 g/mol. The second kappa shape index (κ2) is 7.00. The first kappa shape index (κ1) is 18.0. The predicted molar refractivity (Wildman–Crippen MR) is 113 cm³/mol. The Morgan fingerprint density at radius 2 is 1.75 bits per heavy atom. The Kier molecular flexibility index (Phi) is 4.51. The number of nitrogens with one attached hydrogen (secondary N) is 2. The second-order valence-electron chi connectivity index (χ2n) is 7.39. The molecule has 0 aliphatic carbocycles. The maximum Gasteiger partial charge on any atom is 0.251 e. The molecule has 5 nitrogen and oxygen atoms in total. The molecule has 0 fully saturated rings. The van der Waals surface area contributed by atoms with Crippen molar-refractivity contribution in [1.82, 2.24) is 14.9 Å². The maximum atomic E-state index is 12.4. The Morgan fingerprint density at radius 3 is 2.57 bits per heavy atom. The largest absolute Gasteiger partial charge is 0.352 e. The highest BCUT2D eigenvalue weighted by Crippen LogP contribution is 2.20. The van der Waals surface area contributed by atoms with Gasteiger partial charge in [0.2, 0.25) is 5.91 Å². The molecule has 4 aromatic rings. The SMILES string of the molecule is Cc1cc2cc(CC(=O)NCc3ccc4c(c3)cc(C)n4C)ccc2[nH]c1=O. The minimum Gasteiger partial charge on any atom is -0.352 e. The van der Waals surface area contributed by atoms with Gasteiger partial charge >= 0.3 is 0 Å². The van der Waals surface area contributed by atoms with Crippen LogP contribution in [0.1, 0.15) is 22.4 Å². The number of benzene rings is 2. The number of carbonyl (C=O) groups is 1. The van der Waals surface area contributed by atoms with Crippen LogP contribution in [0.15, 0.2) is 53.3 Å². The highest BCUT2D eigenvalue weighted by molar-refractivity contribution is 5.84. The fourth-order valence-electron chi connectivity index (χ4n) is 3.57. The summed E-state index contributed by atoms with van der Waals surface area (Å²) in [7, 11) is 2.06. The molecule has 0 aliphatic rings. The van der Waals surface area contributed by atoms with E-state index >= 15 is 0 Å². The lowest BCUT2D eigenvalue weighted by molar-refractivity contribution is -0.120. The minimum absolute atomic E-state index is 0.0233. The van der Waals surface area contributed by atoms with Crippen molar-refractivity contribution in [3.05, 3.63) is 81.3 Å². The highest BCUT2D eigenvalue weighted by Gasteiger charge is 2.07. The van der Waals surface area contributed by atoms with Crippen molar-refractivity contribution < 1.29 is 4.79 Å². The summed E-state index contributed by atoms with van der Waals surface area (Å²) >= 11 is 0. The van der Waals surface area contributed by atoms with Crippen molar-refractivity contribution in [1.29, 1.82) is 0 Å². The van der Waals surface area contributed by atoms with Crippen molar-refractivity contribution in [3.8, 4) is 0 Å². The van der Waals surface area contributed by atoms with Gasteiger partial charge in [0, 0.05) is 41.3 Å². The van der Waals surface area contributed by atoms with E-state index < -0.39 is 0 Å². The van der Waals surface area contributed by atoms with E-state index in [9.17, 15) is 9.59 Å². The molecule has 142 valence electrons. The number of carbonyl (C=O) groups excluding carboxylic acids is 1. The van der Waals surface area contributed by atoms with E-state index in [-0.39, 0.29) is 11.5 Å². The molecule has 0 saturated heterocycles. The van der Waals surface area contributed by atoms with Gasteiger partial charge in [-0.1, -0.05) is 12.1 Å². The Bertz CT molecular complexity index is 1260. The first-order chi connectivity index (χ1) is 13.4. The van der Waals surface area contributed by atoms with Crippen LogP contribution in [-0.2, 0) is 24.8 Å². The summed E-state index contributed by atoms with van der Waals surface area (Å²) in [4.78, 5) is 26.9. The van der Waals surface area contributed by atoms with Gasteiger partial charge in [0.15, 0.2) is 0 Å². The maximum absolute atomic E-state index is 12.4. The van der Waals surface area contributed by atoms with E-state index in [0.717, 1.165) is 22.0 Å². The van der Waals surface area contributed by atoms with Crippen molar-refractivity contribution in [2.75, 3.05) is 0 Å². The van der Waals surface area contributed by atoms with E-state index in [1.54, 1.807) is 6.92 Å². The summed E-state index contributed by atoms with van der Waals surface area (Å²) in [5.41, 5.74) is 5.78. The van der Waals surface area contributed by atoms with Crippen LogP contribution in [0.2, 0.25) is 0 Å². The number of aromatic amines is 1. The molecule has 5 heteroatoms. The smallest absolute Gasteiger partial charge is 0.251 e. The summed E-state index contributed by atoms with van der Waals surface area (Å²) in [6, 6.07) is 16.0. The zero-order chi connectivity index (χ0) is 19.8. The molecular weight excluding hydrogens is 350 g/mol. The van der Waals surface area contributed by atoms with Gasteiger partial charge in [-0.15, -0.1) is 0 Å². The zero-order valence-corrected chi connectivity index (χ0v) is 16.3. The number of rotatable bonds is 4. The molecule has 0 bridgehead atoms. The Hall–Kier alpha value is -3.34. The standard InChI is InChI=1S/C23H23N3O2/c1-14-8-18-10-16(4-6-20(18)25-23(14)28)12-22(27)24-13-17-5-7-21-19(11-17)9-15(2)26(21)3/h4-11H,12-13H2,1-3H3,(H,24,27)(H,25,28). The quantitative estimate of drug-likeness (QED) is 0.575. The van der Waals surface area contributed by atoms with Crippen LogP contribution in [-0.4, -0.2) is 15.5 Å². The van der Waals surface area contributed by atoms with E-state index in [4.69, 9.17) is 0 Å². The van der Waals surface area contributed by atoms with Gasteiger partial charge in [0.05, 0.1) is 6.42 Å². The van der Waals surface area contributed by atoms with Crippen LogP contribution in [0, 0.1) is 13.8 Å². The number of fused-ring (bicyclic) bond motifs is 2. The van der Waals surface area contributed by atoms with Gasteiger partial charge in [-0.25, -0.2) is 0 Å². The van der Waals surface area contributed by atoms with Crippen molar-refractivity contribution in [2.45, 2.75) is 26.8 Å². The van der Waals surface area contributed by atoms with Gasteiger partial charge < -0.3 is 14.9 Å². The summed E-state index contributed by atoms with van der Waals surface area (Å²) in [6.07, 6.45) is 0.306. The Morgan fingerprint density at radius 1 is 1.00 bits per heavy atom. The molecule has 2 aromatic heterocycles. The van der Waals surface area contributed by atoms with Crippen LogP contribution < -0.4 is 10.9 Å². The average molecular weight is 373 g/mol. The summed E-state index contributed by atoms with van der Waals surface area (Å²) in [6.45, 7) is 4.37. The van der Waals surface area contributed by atoms with Gasteiger partial charge in [0.1, 0.15) is 0 Å². The van der Waals surface area contributed by atoms with Gasteiger partial charge in [-0.2, -0.15) is 0 Å². The Labute approximate surface area is 163 Å². The third-order valence-electron chi connectivity index (χ3n) is 5.30. The van der Waals surface area contributed by atoms with Crippen LogP contribution in [0.4, 0.5) is 0 Å². The molecule has 4 rings (SSSR count). The van der Waals surface area contributed by atoms with Crippen LogP contribution in [0.3, 0.4) is 0 Å². The highest BCUT2D eigenvalue weighted by atomic mass is 16.1. The molecule has 0 radical (unpaired) electrons. The number of nitrogens with zero attached hydrogens (tertiary/aromatic N) is 1. The first-order valence-corrected chi connectivity index (χ1v) is 9.35. The molecule has 1 amide bonds.